The summed E-state index contributed by atoms with van der Waals surface area (Å²) in [6.45, 7) is 6.65. The molecule has 0 saturated carbocycles. The van der Waals surface area contributed by atoms with E-state index in [-0.39, 0.29) is 5.92 Å². The van der Waals surface area contributed by atoms with Gasteiger partial charge in [0.2, 0.25) is 5.91 Å². The van der Waals surface area contributed by atoms with Crippen LogP contribution in [0.5, 0.6) is 0 Å². The van der Waals surface area contributed by atoms with Crippen LogP contribution in [0, 0.1) is 5.92 Å². The van der Waals surface area contributed by atoms with Gasteiger partial charge in [-0.1, -0.05) is 43.7 Å². The molecular weight excluding hydrogens is 284 g/mol. The Balaban J connectivity index is 1.64. The number of hydrogen-bond acceptors (Lipinski definition) is 1. The Morgan fingerprint density at radius 1 is 1.17 bits per heavy atom. The van der Waals surface area contributed by atoms with Gasteiger partial charge >= 0.3 is 0 Å². The van der Waals surface area contributed by atoms with Crippen LogP contribution in [0.15, 0.2) is 30.3 Å². The molecule has 0 aliphatic carbocycles. The van der Waals surface area contributed by atoms with Gasteiger partial charge < -0.3 is 9.80 Å². The number of nitrogens with zero attached hydrogens (tertiary/aromatic N) is 1. The monoisotopic (exact) mass is 317 g/mol. The smallest absolute Gasteiger partial charge is 0.225 e. The topological polar surface area (TPSA) is 24.8 Å². The van der Waals surface area contributed by atoms with E-state index < -0.39 is 0 Å². The highest BCUT2D eigenvalue weighted by Gasteiger charge is 2.28. The predicted octanol–water partition coefficient (Wildman–Crippen LogP) is 2.17. The molecule has 23 heavy (non-hydrogen) atoms. The first-order valence-corrected chi connectivity index (χ1v) is 9.33. The average molecular weight is 317 g/mol. The van der Waals surface area contributed by atoms with Crippen LogP contribution < -0.4 is 4.90 Å². The van der Waals surface area contributed by atoms with E-state index in [0.29, 0.717) is 5.91 Å². The molecule has 1 amide bonds. The summed E-state index contributed by atoms with van der Waals surface area (Å²) in [6.07, 6.45) is 6.82. The van der Waals surface area contributed by atoms with Crippen LogP contribution in [0.25, 0.3) is 0 Å². The molecule has 2 rings (SSSR count). The number of carbonyl (C=O) groups excluding carboxylic acids is 1. The summed E-state index contributed by atoms with van der Waals surface area (Å²) in [7, 11) is 1.97. The minimum absolute atomic E-state index is 0.273. The molecule has 3 heteroatoms. The van der Waals surface area contributed by atoms with Crippen LogP contribution in [0.2, 0.25) is 0 Å². The van der Waals surface area contributed by atoms with Crippen LogP contribution in [0.4, 0.5) is 0 Å². The zero-order chi connectivity index (χ0) is 16.5. The molecule has 1 saturated heterocycles. The van der Waals surface area contributed by atoms with Crippen LogP contribution in [-0.4, -0.2) is 44.0 Å². The number of unbranched alkanes of at least 4 members (excludes halogenated alkanes) is 1. The second-order valence-electron chi connectivity index (χ2n) is 6.98. The molecule has 0 unspecified atom stereocenters. The number of benzene rings is 1. The first-order chi connectivity index (χ1) is 11.2. The van der Waals surface area contributed by atoms with E-state index in [1.807, 2.05) is 11.9 Å². The molecule has 1 aliphatic heterocycles. The van der Waals surface area contributed by atoms with E-state index >= 15 is 0 Å². The fourth-order valence-corrected chi connectivity index (χ4v) is 3.53. The van der Waals surface area contributed by atoms with Gasteiger partial charge in [-0.2, -0.15) is 0 Å². The van der Waals surface area contributed by atoms with Crippen molar-refractivity contribution >= 4 is 5.91 Å². The summed E-state index contributed by atoms with van der Waals surface area (Å²) in [4.78, 5) is 16.1. The Morgan fingerprint density at radius 3 is 2.52 bits per heavy atom. The van der Waals surface area contributed by atoms with Gasteiger partial charge in [-0.3, -0.25) is 4.79 Å². The molecule has 0 bridgehead atoms. The SMILES string of the molecule is CCCCN(C)C(=O)C1CC[NH+](CCCc2ccccc2)CC1. The fourth-order valence-electron chi connectivity index (χ4n) is 3.53. The zero-order valence-corrected chi connectivity index (χ0v) is 14.9. The Bertz CT molecular complexity index is 452. The molecule has 1 aromatic rings. The van der Waals surface area contributed by atoms with Crippen LogP contribution in [-0.2, 0) is 11.2 Å². The van der Waals surface area contributed by atoms with E-state index in [1.165, 1.54) is 24.9 Å². The van der Waals surface area contributed by atoms with Crippen LogP contribution >= 0.6 is 0 Å². The lowest BCUT2D eigenvalue weighted by molar-refractivity contribution is -0.906. The predicted molar refractivity (Wildman–Crippen MR) is 95.6 cm³/mol. The number of piperidine rings is 1. The Hall–Kier alpha value is -1.35. The Morgan fingerprint density at radius 2 is 1.87 bits per heavy atom. The lowest BCUT2D eigenvalue weighted by atomic mass is 9.95. The molecule has 1 aliphatic rings. The summed E-state index contributed by atoms with van der Waals surface area (Å²) in [6, 6.07) is 10.7. The lowest BCUT2D eigenvalue weighted by Gasteiger charge is -2.31. The Labute approximate surface area is 141 Å². The maximum Gasteiger partial charge on any atom is 0.225 e. The maximum absolute atomic E-state index is 12.4. The van der Waals surface area contributed by atoms with Crippen molar-refractivity contribution in [2.24, 2.45) is 5.92 Å². The highest BCUT2D eigenvalue weighted by molar-refractivity contribution is 5.78. The van der Waals surface area contributed by atoms with Crippen molar-refractivity contribution < 1.29 is 9.69 Å². The van der Waals surface area contributed by atoms with E-state index in [0.717, 1.165) is 45.3 Å². The minimum Gasteiger partial charge on any atom is -0.346 e. The number of carbonyl (C=O) groups is 1. The molecule has 1 N–H and O–H groups in total. The van der Waals surface area contributed by atoms with Gasteiger partial charge in [-0.25, -0.2) is 0 Å². The Kier molecular flexibility index (Phi) is 7.60. The van der Waals surface area contributed by atoms with Crippen molar-refractivity contribution in [3.8, 4) is 0 Å². The molecule has 0 atom stereocenters. The normalized spacial score (nSPS) is 21.1. The number of aryl methyl sites for hydroxylation is 1. The van der Waals surface area contributed by atoms with Gasteiger partial charge in [-0.05, 0) is 18.4 Å². The molecule has 0 radical (unpaired) electrons. The number of rotatable bonds is 8. The van der Waals surface area contributed by atoms with Crippen molar-refractivity contribution in [2.75, 3.05) is 33.2 Å². The molecule has 3 nitrogen and oxygen atoms in total. The number of nitrogens with one attached hydrogen (secondary N) is 1. The molecule has 0 spiro atoms. The van der Waals surface area contributed by atoms with Crippen molar-refractivity contribution in [3.05, 3.63) is 35.9 Å². The van der Waals surface area contributed by atoms with Crippen LogP contribution in [0.3, 0.4) is 0 Å². The third-order valence-electron chi connectivity index (χ3n) is 5.10. The molecule has 128 valence electrons. The van der Waals surface area contributed by atoms with Crippen molar-refractivity contribution in [1.82, 2.24) is 4.90 Å². The van der Waals surface area contributed by atoms with Gasteiger partial charge in [0, 0.05) is 38.8 Å². The second kappa shape index (κ2) is 9.71. The number of amides is 1. The van der Waals surface area contributed by atoms with Crippen molar-refractivity contribution in [3.63, 3.8) is 0 Å². The van der Waals surface area contributed by atoms with Gasteiger partial charge in [-0.15, -0.1) is 0 Å². The summed E-state index contributed by atoms with van der Waals surface area (Å²) in [5.74, 6) is 0.650. The summed E-state index contributed by atoms with van der Waals surface area (Å²) < 4.78 is 0. The largest absolute Gasteiger partial charge is 0.346 e. The third kappa shape index (κ3) is 5.98. The first-order valence-electron chi connectivity index (χ1n) is 9.33. The van der Waals surface area contributed by atoms with Crippen molar-refractivity contribution in [2.45, 2.75) is 45.4 Å². The number of likely N-dealkylation sites (tertiary alicyclic amines) is 1. The molecule has 1 aromatic carbocycles. The van der Waals surface area contributed by atoms with Gasteiger partial charge in [0.25, 0.3) is 0 Å². The summed E-state index contributed by atoms with van der Waals surface area (Å²) in [5, 5.41) is 0. The molecule has 1 heterocycles. The molecular formula is C20H33N2O+. The quantitative estimate of drug-likeness (QED) is 0.781. The highest BCUT2D eigenvalue weighted by atomic mass is 16.2. The number of quaternary nitrogens is 1. The van der Waals surface area contributed by atoms with Gasteiger partial charge in [0.05, 0.1) is 19.6 Å². The zero-order valence-electron chi connectivity index (χ0n) is 14.9. The van der Waals surface area contributed by atoms with Gasteiger partial charge in [0.1, 0.15) is 0 Å². The molecule has 1 fully saturated rings. The second-order valence-corrected chi connectivity index (χ2v) is 6.98. The third-order valence-corrected chi connectivity index (χ3v) is 5.10. The number of hydrogen-bond donors (Lipinski definition) is 1. The van der Waals surface area contributed by atoms with E-state index in [4.69, 9.17) is 0 Å². The lowest BCUT2D eigenvalue weighted by Crippen LogP contribution is -3.13. The minimum atomic E-state index is 0.273. The van der Waals surface area contributed by atoms with Gasteiger partial charge in [0.15, 0.2) is 0 Å². The highest BCUT2D eigenvalue weighted by Crippen LogP contribution is 2.13. The maximum atomic E-state index is 12.4. The summed E-state index contributed by atoms with van der Waals surface area (Å²) in [5.41, 5.74) is 1.44. The summed E-state index contributed by atoms with van der Waals surface area (Å²) >= 11 is 0. The van der Waals surface area contributed by atoms with Crippen molar-refractivity contribution in [1.29, 1.82) is 0 Å². The van der Waals surface area contributed by atoms with E-state index in [9.17, 15) is 4.79 Å². The fraction of sp³-hybridized carbons (Fsp3) is 0.650. The van der Waals surface area contributed by atoms with E-state index in [1.54, 1.807) is 4.90 Å². The van der Waals surface area contributed by atoms with Crippen LogP contribution in [0.1, 0.15) is 44.6 Å². The standard InChI is InChI=1S/C20H32N2O/c1-3-4-14-21(2)20(23)19-12-16-22(17-13-19)15-8-11-18-9-6-5-7-10-18/h5-7,9-10,19H,3-4,8,11-17H2,1-2H3/p+1. The average Bonchev–Trinajstić information content (AvgIpc) is 2.60. The first kappa shape index (κ1) is 18.0. The molecule has 0 aromatic heterocycles. The van der Waals surface area contributed by atoms with E-state index in [2.05, 4.69) is 37.3 Å².